The summed E-state index contributed by atoms with van der Waals surface area (Å²) in [7, 11) is 2.70. The minimum Gasteiger partial charge on any atom is -0.502 e. The van der Waals surface area contributed by atoms with Gasteiger partial charge >= 0.3 is 0 Å². The van der Waals surface area contributed by atoms with E-state index in [9.17, 15) is 33.1 Å². The van der Waals surface area contributed by atoms with E-state index in [0.29, 0.717) is 6.07 Å². The summed E-state index contributed by atoms with van der Waals surface area (Å²) in [5.74, 6) is -5.12. The average molecular weight is 480 g/mol. The van der Waals surface area contributed by atoms with Crippen LogP contribution in [0.3, 0.4) is 0 Å². The van der Waals surface area contributed by atoms with Crippen LogP contribution in [0.2, 0.25) is 0 Å². The molecule has 2 aromatic rings. The monoisotopic (exact) mass is 480 g/mol. The Balaban J connectivity index is 1.98. The van der Waals surface area contributed by atoms with Gasteiger partial charge in [-0.15, -0.1) is 0 Å². The third-order valence-electron chi connectivity index (χ3n) is 5.04. The second-order valence-electron chi connectivity index (χ2n) is 7.26. The van der Waals surface area contributed by atoms with Crippen molar-refractivity contribution in [2.24, 2.45) is 0 Å². The summed E-state index contributed by atoms with van der Waals surface area (Å²) in [6.45, 7) is -0.844. The fraction of sp³-hybridized carbons (Fsp3) is 0.333. The van der Waals surface area contributed by atoms with Crippen LogP contribution in [0.4, 0.5) is 8.78 Å². The standard InChI is InChI=1S/C21H22F2N4O7/c1-33-6-5-25-11-27(16(28)10-34-2)26-9-14(18(29)19(30)17(26)21(25)32)20(31)24-8-12-3-4-13(22)7-15(12)23/h3-4,7,9,30H,5-6,8,10-11H2,1-2H3,(H,24,31). The van der Waals surface area contributed by atoms with E-state index in [0.717, 1.165) is 28.0 Å². The molecule has 3 amide bonds. The summed E-state index contributed by atoms with van der Waals surface area (Å²) in [6.07, 6.45) is 0.937. The molecule has 0 aliphatic carbocycles. The Morgan fingerprint density at radius 2 is 1.91 bits per heavy atom. The molecule has 0 bridgehead atoms. The van der Waals surface area contributed by atoms with Crippen LogP contribution < -0.4 is 15.8 Å². The van der Waals surface area contributed by atoms with Crippen molar-refractivity contribution in [3.05, 3.63) is 63.1 Å². The van der Waals surface area contributed by atoms with Crippen molar-refractivity contribution < 1.29 is 37.7 Å². The second kappa shape index (κ2) is 10.4. The van der Waals surface area contributed by atoms with E-state index in [1.165, 1.54) is 19.1 Å². The number of halogens is 2. The van der Waals surface area contributed by atoms with Gasteiger partial charge in [0.25, 0.3) is 17.7 Å². The number of nitrogens with one attached hydrogen (secondary N) is 1. The first-order valence-electron chi connectivity index (χ1n) is 9.98. The Hall–Kier alpha value is -3.84. The third-order valence-corrected chi connectivity index (χ3v) is 5.04. The lowest BCUT2D eigenvalue weighted by Crippen LogP contribution is -2.58. The number of nitrogens with zero attached hydrogens (tertiary/aromatic N) is 3. The number of fused-ring (bicyclic) bond motifs is 1. The number of hydrogen-bond acceptors (Lipinski definition) is 7. The molecule has 0 unspecified atom stereocenters. The molecule has 2 heterocycles. The Morgan fingerprint density at radius 1 is 1.18 bits per heavy atom. The number of aromatic nitrogens is 1. The van der Waals surface area contributed by atoms with E-state index < -0.39 is 51.8 Å². The van der Waals surface area contributed by atoms with Crippen LogP contribution in [-0.2, 0) is 20.8 Å². The largest absolute Gasteiger partial charge is 0.502 e. The lowest BCUT2D eigenvalue weighted by Gasteiger charge is -2.38. The highest BCUT2D eigenvalue weighted by molar-refractivity contribution is 6.01. The zero-order chi connectivity index (χ0) is 25.0. The Bertz CT molecular complexity index is 1180. The van der Waals surface area contributed by atoms with Crippen LogP contribution in [0.25, 0.3) is 0 Å². The fourth-order valence-corrected chi connectivity index (χ4v) is 3.29. The van der Waals surface area contributed by atoms with Gasteiger partial charge in [0.15, 0.2) is 11.4 Å². The number of aromatic hydroxyl groups is 1. The molecular formula is C21H22F2N4O7. The van der Waals surface area contributed by atoms with Crippen LogP contribution >= 0.6 is 0 Å². The summed E-state index contributed by atoms with van der Waals surface area (Å²) in [4.78, 5) is 52.1. The van der Waals surface area contributed by atoms with E-state index in [1.807, 2.05) is 0 Å². The van der Waals surface area contributed by atoms with Crippen LogP contribution in [0, 0.1) is 11.6 Å². The number of benzene rings is 1. The molecule has 0 saturated heterocycles. The van der Waals surface area contributed by atoms with Crippen LogP contribution in [0.1, 0.15) is 26.4 Å². The van der Waals surface area contributed by atoms with Gasteiger partial charge in [0.05, 0.1) is 6.61 Å². The molecule has 1 aliphatic heterocycles. The van der Waals surface area contributed by atoms with Crippen molar-refractivity contribution in [1.82, 2.24) is 14.9 Å². The second-order valence-corrected chi connectivity index (χ2v) is 7.26. The summed E-state index contributed by atoms with van der Waals surface area (Å²) >= 11 is 0. The minimum absolute atomic E-state index is 0.0436. The predicted molar refractivity (Wildman–Crippen MR) is 113 cm³/mol. The number of pyridine rings is 1. The first-order chi connectivity index (χ1) is 16.2. The van der Waals surface area contributed by atoms with Crippen LogP contribution in [0.5, 0.6) is 5.75 Å². The number of amides is 3. The van der Waals surface area contributed by atoms with Gasteiger partial charge in [-0.2, -0.15) is 0 Å². The van der Waals surface area contributed by atoms with Crippen LogP contribution in [-0.4, -0.2) is 73.1 Å². The quantitative estimate of drug-likeness (QED) is 0.541. The van der Waals surface area contributed by atoms with Crippen LogP contribution in [0.15, 0.2) is 29.2 Å². The minimum atomic E-state index is -1.16. The third kappa shape index (κ3) is 4.89. The molecule has 182 valence electrons. The molecule has 34 heavy (non-hydrogen) atoms. The summed E-state index contributed by atoms with van der Waals surface area (Å²) in [6, 6.07) is 2.77. The summed E-state index contributed by atoms with van der Waals surface area (Å²) in [5, 5.41) is 13.8. The Kier molecular flexibility index (Phi) is 7.58. The molecule has 0 saturated carbocycles. The number of carbonyl (C=O) groups excluding carboxylic acids is 3. The zero-order valence-electron chi connectivity index (χ0n) is 18.3. The number of carbonyl (C=O) groups is 3. The molecule has 0 atom stereocenters. The highest BCUT2D eigenvalue weighted by atomic mass is 19.1. The van der Waals surface area contributed by atoms with Gasteiger partial charge in [-0.25, -0.2) is 18.5 Å². The van der Waals surface area contributed by atoms with Crippen molar-refractivity contribution in [1.29, 1.82) is 0 Å². The number of rotatable bonds is 8. The Labute approximate surface area is 192 Å². The van der Waals surface area contributed by atoms with E-state index >= 15 is 0 Å². The van der Waals surface area contributed by atoms with Gasteiger partial charge < -0.3 is 24.8 Å². The van der Waals surface area contributed by atoms with E-state index in [2.05, 4.69) is 5.32 Å². The normalized spacial score (nSPS) is 13.1. The fourth-order valence-electron chi connectivity index (χ4n) is 3.29. The molecule has 0 fully saturated rings. The molecule has 3 rings (SSSR count). The number of hydrogen-bond donors (Lipinski definition) is 2. The first-order valence-corrected chi connectivity index (χ1v) is 9.98. The lowest BCUT2D eigenvalue weighted by molar-refractivity contribution is -0.124. The molecule has 13 heteroatoms. The van der Waals surface area contributed by atoms with Gasteiger partial charge in [-0.05, 0) is 6.07 Å². The first kappa shape index (κ1) is 24.8. The maximum absolute atomic E-state index is 13.8. The molecule has 0 spiro atoms. The highest BCUT2D eigenvalue weighted by Gasteiger charge is 2.36. The summed E-state index contributed by atoms with van der Waals surface area (Å²) in [5.41, 5.74) is -2.32. The number of ether oxygens (including phenoxy) is 2. The van der Waals surface area contributed by atoms with E-state index in [1.54, 1.807) is 0 Å². The maximum atomic E-state index is 13.8. The zero-order valence-corrected chi connectivity index (χ0v) is 18.3. The van der Waals surface area contributed by atoms with Gasteiger partial charge in [-0.3, -0.25) is 19.2 Å². The SMILES string of the molecule is COCCN1CN(C(=O)COC)n2cc(C(=O)NCc3ccc(F)cc3F)c(=O)c(O)c2C1=O. The lowest BCUT2D eigenvalue weighted by atomic mass is 10.1. The Morgan fingerprint density at radius 3 is 2.56 bits per heavy atom. The van der Waals surface area contributed by atoms with Crippen molar-refractivity contribution in [3.63, 3.8) is 0 Å². The van der Waals surface area contributed by atoms with Gasteiger partial charge in [-0.1, -0.05) is 6.07 Å². The smallest absolute Gasteiger partial charge is 0.278 e. The molecule has 0 radical (unpaired) electrons. The van der Waals surface area contributed by atoms with Crippen molar-refractivity contribution >= 4 is 17.7 Å². The van der Waals surface area contributed by atoms with Gasteiger partial charge in [0, 0.05) is 45.1 Å². The molecular weight excluding hydrogens is 458 g/mol. The maximum Gasteiger partial charge on any atom is 0.278 e. The highest BCUT2D eigenvalue weighted by Crippen LogP contribution is 2.21. The van der Waals surface area contributed by atoms with Gasteiger partial charge in [0.1, 0.15) is 30.5 Å². The van der Waals surface area contributed by atoms with Crippen molar-refractivity contribution in [3.8, 4) is 5.75 Å². The predicted octanol–water partition coefficient (Wildman–Crippen LogP) is -0.0672. The molecule has 1 aromatic carbocycles. The molecule has 1 aliphatic rings. The number of methoxy groups -OCH3 is 2. The van der Waals surface area contributed by atoms with Crippen molar-refractivity contribution in [2.45, 2.75) is 6.54 Å². The average Bonchev–Trinajstić information content (AvgIpc) is 2.80. The van der Waals surface area contributed by atoms with E-state index in [4.69, 9.17) is 9.47 Å². The molecule has 1 aromatic heterocycles. The topological polar surface area (TPSA) is 130 Å². The summed E-state index contributed by atoms with van der Waals surface area (Å²) < 4.78 is 37.6. The van der Waals surface area contributed by atoms with Gasteiger partial charge in [0.2, 0.25) is 5.43 Å². The molecule has 11 nitrogen and oxygen atoms in total. The molecule has 2 N–H and O–H groups in total. The van der Waals surface area contributed by atoms with E-state index in [-0.39, 0.29) is 38.5 Å². The van der Waals surface area contributed by atoms with Crippen molar-refractivity contribution in [2.75, 3.05) is 45.7 Å².